The first-order valence-electron chi connectivity index (χ1n) is 7.70. The smallest absolute Gasteiger partial charge is 0.0945 e. The van der Waals surface area contributed by atoms with Crippen molar-refractivity contribution in [3.8, 4) is 0 Å². The first-order valence-corrected chi connectivity index (χ1v) is 7.70. The number of aryl methyl sites for hydroxylation is 1. The van der Waals surface area contributed by atoms with Gasteiger partial charge < -0.3 is 15.2 Å². The van der Waals surface area contributed by atoms with Crippen molar-refractivity contribution >= 4 is 5.69 Å². The Morgan fingerprint density at radius 1 is 1.30 bits per heavy atom. The van der Waals surface area contributed by atoms with Gasteiger partial charge in [0.1, 0.15) is 0 Å². The molecule has 20 heavy (non-hydrogen) atoms. The Hall–Kier alpha value is -1.07. The Balaban J connectivity index is 1.91. The van der Waals surface area contributed by atoms with Gasteiger partial charge in [0.25, 0.3) is 0 Å². The normalized spacial score (nSPS) is 12.6. The van der Waals surface area contributed by atoms with Gasteiger partial charge in [0.2, 0.25) is 0 Å². The zero-order valence-corrected chi connectivity index (χ0v) is 12.8. The van der Waals surface area contributed by atoms with Gasteiger partial charge in [-0.2, -0.15) is 5.10 Å². The number of hydrogen-bond acceptors (Lipinski definition) is 4. The molecule has 0 aromatic carbocycles. The molecule has 5 nitrogen and oxygen atoms in total. The molecule has 5 heteroatoms. The summed E-state index contributed by atoms with van der Waals surface area (Å²) in [5, 5.41) is 17.0. The van der Waals surface area contributed by atoms with Crippen LogP contribution in [-0.4, -0.2) is 40.7 Å². The van der Waals surface area contributed by atoms with Crippen LogP contribution < -0.4 is 5.32 Å². The maximum Gasteiger partial charge on any atom is 0.0945 e. The van der Waals surface area contributed by atoms with Crippen molar-refractivity contribution in [2.24, 2.45) is 7.05 Å². The summed E-state index contributed by atoms with van der Waals surface area (Å²) in [5.74, 6) is 0. The molecule has 0 radical (unpaired) electrons. The fourth-order valence-electron chi connectivity index (χ4n) is 2.01. The third-order valence-corrected chi connectivity index (χ3v) is 3.20. The van der Waals surface area contributed by atoms with Crippen LogP contribution in [0.3, 0.4) is 0 Å². The summed E-state index contributed by atoms with van der Waals surface area (Å²) in [5.41, 5.74) is 0.919. The van der Waals surface area contributed by atoms with E-state index in [2.05, 4.69) is 17.3 Å². The van der Waals surface area contributed by atoms with Crippen molar-refractivity contribution in [3.63, 3.8) is 0 Å². The lowest BCUT2D eigenvalue weighted by molar-refractivity contribution is 0.0416. The molecule has 1 heterocycles. The Morgan fingerprint density at radius 3 is 2.75 bits per heavy atom. The first-order chi connectivity index (χ1) is 9.72. The molecule has 1 aromatic rings. The Kier molecular flexibility index (Phi) is 9.07. The molecule has 1 rings (SSSR count). The molecule has 0 saturated heterocycles. The van der Waals surface area contributed by atoms with E-state index in [-0.39, 0.29) is 0 Å². The minimum absolute atomic E-state index is 0.391. The second kappa shape index (κ2) is 10.7. The third kappa shape index (κ3) is 8.17. The number of aromatic nitrogens is 2. The third-order valence-electron chi connectivity index (χ3n) is 3.20. The summed E-state index contributed by atoms with van der Waals surface area (Å²) >= 11 is 0. The van der Waals surface area contributed by atoms with E-state index in [1.165, 1.54) is 32.1 Å². The number of hydrogen-bond donors (Lipinski definition) is 2. The fourth-order valence-corrected chi connectivity index (χ4v) is 2.01. The van der Waals surface area contributed by atoms with Gasteiger partial charge in [0, 0.05) is 26.4 Å². The van der Waals surface area contributed by atoms with Crippen LogP contribution in [0, 0.1) is 0 Å². The van der Waals surface area contributed by atoms with Crippen LogP contribution in [-0.2, 0) is 11.8 Å². The summed E-state index contributed by atoms with van der Waals surface area (Å²) in [6.45, 7) is 3.85. The lowest BCUT2D eigenvalue weighted by Gasteiger charge is -2.12. The van der Waals surface area contributed by atoms with Gasteiger partial charge in [-0.3, -0.25) is 4.68 Å². The molecule has 1 aromatic heterocycles. The average molecular weight is 283 g/mol. The van der Waals surface area contributed by atoms with Gasteiger partial charge in [-0.25, -0.2) is 0 Å². The number of anilines is 1. The number of aliphatic hydroxyl groups excluding tert-OH is 1. The summed E-state index contributed by atoms with van der Waals surface area (Å²) in [6, 6.07) is 0. The molecular weight excluding hydrogens is 254 g/mol. The Morgan fingerprint density at radius 2 is 2.05 bits per heavy atom. The second-order valence-electron chi connectivity index (χ2n) is 5.28. The summed E-state index contributed by atoms with van der Waals surface area (Å²) in [6.07, 6.45) is 10.7. The summed E-state index contributed by atoms with van der Waals surface area (Å²) in [7, 11) is 1.87. The van der Waals surface area contributed by atoms with Crippen LogP contribution >= 0.6 is 0 Å². The van der Waals surface area contributed by atoms with Gasteiger partial charge >= 0.3 is 0 Å². The molecule has 1 atom stereocenters. The highest BCUT2D eigenvalue weighted by molar-refractivity contribution is 5.37. The molecule has 0 saturated carbocycles. The highest BCUT2D eigenvalue weighted by atomic mass is 16.5. The van der Waals surface area contributed by atoms with Crippen LogP contribution in [0.5, 0.6) is 0 Å². The largest absolute Gasteiger partial charge is 0.389 e. The van der Waals surface area contributed by atoms with Crippen molar-refractivity contribution < 1.29 is 9.84 Å². The van der Waals surface area contributed by atoms with Gasteiger partial charge in [-0.15, -0.1) is 0 Å². The molecular formula is C15H29N3O2. The SMILES string of the molecule is CCCCCCCCOCC(O)CNc1cnn(C)c1. The molecule has 0 bridgehead atoms. The van der Waals surface area contributed by atoms with Gasteiger partial charge in [0.05, 0.1) is 24.6 Å². The predicted octanol–water partition coefficient (Wildman–Crippen LogP) is 2.57. The van der Waals surface area contributed by atoms with Crippen molar-refractivity contribution in [1.82, 2.24) is 9.78 Å². The zero-order chi connectivity index (χ0) is 14.6. The second-order valence-corrected chi connectivity index (χ2v) is 5.28. The molecule has 0 fully saturated rings. The van der Waals surface area contributed by atoms with E-state index in [4.69, 9.17) is 4.74 Å². The van der Waals surface area contributed by atoms with E-state index in [1.807, 2.05) is 13.2 Å². The average Bonchev–Trinajstić information content (AvgIpc) is 2.85. The molecule has 0 aliphatic carbocycles. The number of nitrogens with one attached hydrogen (secondary N) is 1. The van der Waals surface area contributed by atoms with E-state index in [9.17, 15) is 5.11 Å². The van der Waals surface area contributed by atoms with Crippen molar-refractivity contribution in [2.45, 2.75) is 51.6 Å². The molecule has 116 valence electrons. The fraction of sp³-hybridized carbons (Fsp3) is 0.800. The number of rotatable bonds is 12. The van der Waals surface area contributed by atoms with Crippen LogP contribution in [0.4, 0.5) is 5.69 Å². The van der Waals surface area contributed by atoms with Crippen LogP contribution in [0.2, 0.25) is 0 Å². The van der Waals surface area contributed by atoms with Crippen LogP contribution in [0.15, 0.2) is 12.4 Å². The van der Waals surface area contributed by atoms with Crippen molar-refractivity contribution in [1.29, 1.82) is 0 Å². The number of ether oxygens (including phenoxy) is 1. The van der Waals surface area contributed by atoms with E-state index in [0.717, 1.165) is 18.7 Å². The highest BCUT2D eigenvalue weighted by Gasteiger charge is 2.04. The quantitative estimate of drug-likeness (QED) is 0.579. The van der Waals surface area contributed by atoms with Gasteiger partial charge in [-0.1, -0.05) is 39.0 Å². The lowest BCUT2D eigenvalue weighted by Crippen LogP contribution is -2.25. The van der Waals surface area contributed by atoms with Crippen LogP contribution in [0.25, 0.3) is 0 Å². The maximum absolute atomic E-state index is 9.78. The number of aliphatic hydroxyl groups is 1. The monoisotopic (exact) mass is 283 g/mol. The predicted molar refractivity (Wildman–Crippen MR) is 81.9 cm³/mol. The lowest BCUT2D eigenvalue weighted by atomic mass is 10.1. The molecule has 0 amide bonds. The minimum Gasteiger partial charge on any atom is -0.389 e. The van der Waals surface area contributed by atoms with E-state index in [1.54, 1.807) is 10.9 Å². The summed E-state index contributed by atoms with van der Waals surface area (Å²) in [4.78, 5) is 0. The van der Waals surface area contributed by atoms with E-state index < -0.39 is 6.10 Å². The Labute approximate surface area is 122 Å². The maximum atomic E-state index is 9.78. The highest BCUT2D eigenvalue weighted by Crippen LogP contribution is 2.05. The number of unbranched alkanes of at least 4 members (excludes halogenated alkanes) is 5. The minimum atomic E-state index is -0.477. The molecule has 2 N–H and O–H groups in total. The molecule has 1 unspecified atom stereocenters. The van der Waals surface area contributed by atoms with Gasteiger partial charge in [-0.05, 0) is 6.42 Å². The topological polar surface area (TPSA) is 59.3 Å². The summed E-state index contributed by atoms with van der Waals surface area (Å²) < 4.78 is 7.21. The van der Waals surface area contributed by atoms with E-state index in [0.29, 0.717) is 13.2 Å². The first kappa shape index (κ1) is 17.0. The zero-order valence-electron chi connectivity index (χ0n) is 12.8. The van der Waals surface area contributed by atoms with Crippen molar-refractivity contribution in [2.75, 3.05) is 25.1 Å². The molecule has 0 aliphatic heterocycles. The van der Waals surface area contributed by atoms with Gasteiger partial charge in [0.15, 0.2) is 0 Å². The van der Waals surface area contributed by atoms with Crippen molar-refractivity contribution in [3.05, 3.63) is 12.4 Å². The molecule has 0 spiro atoms. The standard InChI is InChI=1S/C15H29N3O2/c1-3-4-5-6-7-8-9-20-13-15(19)11-16-14-10-17-18(2)12-14/h10,12,15-16,19H,3-9,11,13H2,1-2H3. The Bertz CT molecular complexity index is 342. The number of nitrogens with zero attached hydrogens (tertiary/aromatic N) is 2. The van der Waals surface area contributed by atoms with Crippen LogP contribution in [0.1, 0.15) is 45.4 Å². The molecule has 0 aliphatic rings. The van der Waals surface area contributed by atoms with E-state index >= 15 is 0 Å².